The first-order valence-electron chi connectivity index (χ1n) is 8.80. The first-order valence-corrected chi connectivity index (χ1v) is 8.80. The quantitative estimate of drug-likeness (QED) is 0.479. The molecule has 1 aromatic carbocycles. The van der Waals surface area contributed by atoms with Gasteiger partial charge in [0.25, 0.3) is 5.89 Å². The van der Waals surface area contributed by atoms with Crippen molar-refractivity contribution in [3.8, 4) is 17.2 Å². The molecule has 0 bridgehead atoms. The minimum atomic E-state index is 0.0299. The number of aromatic nitrogens is 4. The predicted molar refractivity (Wildman–Crippen MR) is 102 cm³/mol. The summed E-state index contributed by atoms with van der Waals surface area (Å²) in [5.74, 6) is 2.42. The van der Waals surface area contributed by atoms with Gasteiger partial charge < -0.3 is 18.7 Å². The highest BCUT2D eigenvalue weighted by atomic mass is 16.5. The maximum absolute atomic E-state index is 5.63. The molecule has 8 heteroatoms. The lowest BCUT2D eigenvalue weighted by molar-refractivity contribution is 0.287. The molecule has 3 heterocycles. The largest absolute Gasteiger partial charge is 0.485 e. The van der Waals surface area contributed by atoms with Gasteiger partial charge in [-0.1, -0.05) is 28.5 Å². The van der Waals surface area contributed by atoms with Crippen molar-refractivity contribution in [3.63, 3.8) is 0 Å². The number of nitrogens with zero attached hydrogens (tertiary/aromatic N) is 5. The topological polar surface area (TPSA) is 90.3 Å². The third-order valence-corrected chi connectivity index (χ3v) is 4.40. The van der Waals surface area contributed by atoms with E-state index in [0.29, 0.717) is 11.7 Å². The Morgan fingerprint density at radius 1 is 1.07 bits per heavy atom. The van der Waals surface area contributed by atoms with Crippen LogP contribution in [0.4, 0.5) is 5.82 Å². The molecule has 0 aliphatic heterocycles. The van der Waals surface area contributed by atoms with Crippen molar-refractivity contribution in [1.82, 2.24) is 20.3 Å². The zero-order valence-corrected chi connectivity index (χ0v) is 15.5. The van der Waals surface area contributed by atoms with E-state index in [2.05, 4.69) is 20.3 Å². The van der Waals surface area contributed by atoms with Gasteiger partial charge in [-0.3, -0.25) is 0 Å². The molecular weight excluding hydrogens is 358 g/mol. The van der Waals surface area contributed by atoms with Gasteiger partial charge in [-0.25, -0.2) is 4.98 Å². The van der Waals surface area contributed by atoms with Crippen molar-refractivity contribution in [2.24, 2.45) is 0 Å². The van der Waals surface area contributed by atoms with Gasteiger partial charge >= 0.3 is 0 Å². The van der Waals surface area contributed by atoms with Crippen LogP contribution in [0.3, 0.4) is 0 Å². The summed E-state index contributed by atoms with van der Waals surface area (Å²) in [7, 11) is 1.95. The molecule has 0 radical (unpaired) electrons. The molecule has 8 nitrogen and oxygen atoms in total. The van der Waals surface area contributed by atoms with E-state index in [1.807, 2.05) is 67.4 Å². The third kappa shape index (κ3) is 3.85. The van der Waals surface area contributed by atoms with Crippen molar-refractivity contribution in [3.05, 3.63) is 72.5 Å². The van der Waals surface area contributed by atoms with Crippen LogP contribution in [0.2, 0.25) is 0 Å². The molecule has 0 fully saturated rings. The fraction of sp³-hybridized carbons (Fsp3) is 0.200. The van der Waals surface area contributed by atoms with Crippen molar-refractivity contribution in [2.75, 3.05) is 11.9 Å². The van der Waals surface area contributed by atoms with Crippen molar-refractivity contribution >= 4 is 5.82 Å². The molecule has 4 rings (SSSR count). The van der Waals surface area contributed by atoms with Crippen LogP contribution in [0.1, 0.15) is 24.5 Å². The molecule has 1 atom stereocenters. The highest BCUT2D eigenvalue weighted by Crippen LogP contribution is 2.25. The summed E-state index contributed by atoms with van der Waals surface area (Å²) >= 11 is 0. The lowest BCUT2D eigenvalue weighted by Gasteiger charge is -2.24. The van der Waals surface area contributed by atoms with Gasteiger partial charge in [0, 0.05) is 19.3 Å². The molecule has 0 aliphatic carbocycles. The van der Waals surface area contributed by atoms with Gasteiger partial charge in [0.1, 0.15) is 23.5 Å². The fourth-order valence-corrected chi connectivity index (χ4v) is 2.65. The van der Waals surface area contributed by atoms with E-state index in [1.165, 1.54) is 0 Å². The van der Waals surface area contributed by atoms with Crippen LogP contribution in [0, 0.1) is 0 Å². The Hall–Kier alpha value is -3.68. The van der Waals surface area contributed by atoms with E-state index in [9.17, 15) is 0 Å². The van der Waals surface area contributed by atoms with Gasteiger partial charge in [0.15, 0.2) is 6.61 Å². The van der Waals surface area contributed by atoms with E-state index < -0.39 is 0 Å². The zero-order chi connectivity index (χ0) is 19.3. The average Bonchev–Trinajstić information content (AvgIpc) is 3.44. The molecule has 0 saturated carbocycles. The number of para-hydroxylation sites is 1. The summed E-state index contributed by atoms with van der Waals surface area (Å²) in [6, 6.07) is 15.2. The van der Waals surface area contributed by atoms with Crippen LogP contribution in [0.5, 0.6) is 5.75 Å². The summed E-state index contributed by atoms with van der Waals surface area (Å²) in [6.45, 7) is 2.27. The SMILES string of the molecule is CC(c1ccon1)N(C)c1ccc(-c2nc(COc3ccccc3)no2)cn1. The molecule has 1 unspecified atom stereocenters. The molecule has 0 N–H and O–H groups in total. The summed E-state index contributed by atoms with van der Waals surface area (Å²) in [6.07, 6.45) is 3.27. The monoisotopic (exact) mass is 377 g/mol. The summed E-state index contributed by atoms with van der Waals surface area (Å²) in [5.41, 5.74) is 1.58. The standard InChI is InChI=1S/C20H19N5O3/c1-14(17-10-11-27-23-17)25(2)19-9-8-15(12-21-19)20-22-18(24-28-20)13-26-16-6-4-3-5-7-16/h3-12,14H,13H2,1-2H3. The predicted octanol–water partition coefficient (Wildman–Crippen LogP) is 3.90. The van der Waals surface area contributed by atoms with Crippen LogP contribution >= 0.6 is 0 Å². The van der Waals surface area contributed by atoms with Gasteiger partial charge in [-0.15, -0.1) is 0 Å². The summed E-state index contributed by atoms with van der Waals surface area (Å²) in [5, 5.41) is 7.94. The number of benzene rings is 1. The number of hydrogen-bond donors (Lipinski definition) is 0. The Morgan fingerprint density at radius 2 is 1.93 bits per heavy atom. The Bertz CT molecular complexity index is 1000. The van der Waals surface area contributed by atoms with Gasteiger partial charge in [-0.05, 0) is 31.2 Å². The lowest BCUT2D eigenvalue weighted by atomic mass is 10.2. The van der Waals surface area contributed by atoms with E-state index in [0.717, 1.165) is 22.8 Å². The minimum Gasteiger partial charge on any atom is -0.485 e. The van der Waals surface area contributed by atoms with Crippen molar-refractivity contribution in [2.45, 2.75) is 19.6 Å². The Morgan fingerprint density at radius 3 is 2.64 bits per heavy atom. The van der Waals surface area contributed by atoms with Crippen LogP contribution in [0.25, 0.3) is 11.5 Å². The number of anilines is 1. The Labute approximate surface area is 161 Å². The molecule has 0 spiro atoms. The second-order valence-electron chi connectivity index (χ2n) is 6.23. The van der Waals surface area contributed by atoms with Crippen molar-refractivity contribution < 1.29 is 13.8 Å². The molecular formula is C20H19N5O3. The normalized spacial score (nSPS) is 11.9. The minimum absolute atomic E-state index is 0.0299. The van der Waals surface area contributed by atoms with Gasteiger partial charge in [0.05, 0.1) is 11.6 Å². The molecule has 0 amide bonds. The fourth-order valence-electron chi connectivity index (χ4n) is 2.65. The number of rotatable bonds is 7. The molecule has 3 aromatic heterocycles. The maximum Gasteiger partial charge on any atom is 0.259 e. The van der Waals surface area contributed by atoms with Gasteiger partial charge in [0.2, 0.25) is 5.82 Å². The van der Waals surface area contributed by atoms with E-state index >= 15 is 0 Å². The maximum atomic E-state index is 5.63. The van der Waals surface area contributed by atoms with Gasteiger partial charge in [-0.2, -0.15) is 4.98 Å². The summed E-state index contributed by atoms with van der Waals surface area (Å²) in [4.78, 5) is 10.9. The molecule has 4 aromatic rings. The van der Waals surface area contributed by atoms with Crippen LogP contribution in [0.15, 0.2) is 70.0 Å². The number of hydrogen-bond acceptors (Lipinski definition) is 8. The highest BCUT2D eigenvalue weighted by molar-refractivity contribution is 5.54. The molecule has 142 valence electrons. The molecule has 0 saturated heterocycles. The van der Waals surface area contributed by atoms with E-state index in [4.69, 9.17) is 13.8 Å². The second-order valence-corrected chi connectivity index (χ2v) is 6.23. The van der Waals surface area contributed by atoms with Crippen LogP contribution in [-0.4, -0.2) is 27.3 Å². The smallest absolute Gasteiger partial charge is 0.259 e. The van der Waals surface area contributed by atoms with Crippen molar-refractivity contribution in [1.29, 1.82) is 0 Å². The molecule has 28 heavy (non-hydrogen) atoms. The third-order valence-electron chi connectivity index (χ3n) is 4.40. The number of ether oxygens (including phenoxy) is 1. The highest BCUT2D eigenvalue weighted by Gasteiger charge is 2.17. The average molecular weight is 377 g/mol. The van der Waals surface area contributed by atoms with E-state index in [1.54, 1.807) is 12.5 Å². The Balaban J connectivity index is 1.42. The summed E-state index contributed by atoms with van der Waals surface area (Å²) < 4.78 is 15.9. The second kappa shape index (κ2) is 7.91. The Kier molecular flexibility index (Phi) is 5.01. The zero-order valence-electron chi connectivity index (χ0n) is 15.5. The van der Waals surface area contributed by atoms with Crippen LogP contribution in [-0.2, 0) is 6.61 Å². The first kappa shape index (κ1) is 17.7. The first-order chi connectivity index (χ1) is 13.7. The molecule has 0 aliphatic rings. The lowest BCUT2D eigenvalue weighted by Crippen LogP contribution is -2.22. The van der Waals surface area contributed by atoms with E-state index in [-0.39, 0.29) is 12.6 Å². The van der Waals surface area contributed by atoms with Crippen LogP contribution < -0.4 is 9.64 Å². The number of pyridine rings is 1.